The van der Waals surface area contributed by atoms with Crippen molar-refractivity contribution in [1.29, 1.82) is 0 Å². The van der Waals surface area contributed by atoms with E-state index >= 15 is 0 Å². The van der Waals surface area contributed by atoms with Gasteiger partial charge in [0.15, 0.2) is 5.82 Å². The number of nitrogens with zero attached hydrogens (tertiary/aromatic N) is 2. The third-order valence-corrected chi connectivity index (χ3v) is 4.78. The van der Waals surface area contributed by atoms with Crippen LogP contribution in [0, 0.1) is 5.82 Å². The van der Waals surface area contributed by atoms with Crippen molar-refractivity contribution >= 4 is 28.4 Å². The Balaban J connectivity index is 1.51. The second kappa shape index (κ2) is 5.34. The Hall–Kier alpha value is -2.34. The summed E-state index contributed by atoms with van der Waals surface area (Å²) >= 11 is 5.79. The molecule has 0 unspecified atom stereocenters. The maximum Gasteiger partial charge on any atom is 0.226 e. The fraction of sp³-hybridized carbons (Fsp3) is 0.294. The average Bonchev–Trinajstić information content (AvgIpc) is 2.98. The predicted molar refractivity (Wildman–Crippen MR) is 89.2 cm³/mol. The number of aryl methyl sites for hydroxylation is 1. The van der Waals surface area contributed by atoms with Crippen LogP contribution in [0.1, 0.15) is 24.1 Å². The maximum atomic E-state index is 14.0. The molecule has 2 heterocycles. The normalized spacial score (nSPS) is 15.6. The number of amides is 1. The lowest BCUT2D eigenvalue weighted by Crippen LogP contribution is -2.35. The highest BCUT2D eigenvalue weighted by molar-refractivity contribution is 6.31. The van der Waals surface area contributed by atoms with Crippen molar-refractivity contribution in [3.05, 3.63) is 52.7 Å². The Morgan fingerprint density at radius 1 is 1.50 bits per heavy atom. The van der Waals surface area contributed by atoms with Gasteiger partial charge in [-0.25, -0.2) is 4.39 Å². The van der Waals surface area contributed by atoms with Crippen molar-refractivity contribution in [2.75, 3.05) is 0 Å². The number of aromatic amines is 1. The quantitative estimate of drug-likeness (QED) is 0.762. The van der Waals surface area contributed by atoms with Crippen LogP contribution in [0.3, 0.4) is 0 Å². The molecule has 124 valence electrons. The first-order valence-electron chi connectivity index (χ1n) is 7.73. The standard InChI is InChI=1S/C17H16ClFN4O/c1-23-9-10(8-20-23)17(4-5-17)22-15(24)7-11-6-12-14(21-11)3-2-13(18)16(12)19/h2-3,6,8-9,21H,4-5,7H2,1H3,(H,22,24). The minimum atomic E-state index is -0.467. The molecule has 0 radical (unpaired) electrons. The molecule has 1 aliphatic carbocycles. The highest BCUT2D eigenvalue weighted by atomic mass is 35.5. The van der Waals surface area contributed by atoms with E-state index in [0.717, 1.165) is 18.4 Å². The fourth-order valence-electron chi connectivity index (χ4n) is 3.06. The molecule has 2 N–H and O–H groups in total. The van der Waals surface area contributed by atoms with Crippen LogP contribution in [0.25, 0.3) is 10.9 Å². The molecule has 0 atom stereocenters. The highest BCUT2D eigenvalue weighted by Gasteiger charge is 2.46. The Labute approximate surface area is 142 Å². The lowest BCUT2D eigenvalue weighted by molar-refractivity contribution is -0.121. The van der Waals surface area contributed by atoms with Gasteiger partial charge >= 0.3 is 0 Å². The smallest absolute Gasteiger partial charge is 0.226 e. The van der Waals surface area contributed by atoms with Crippen LogP contribution in [-0.4, -0.2) is 20.7 Å². The van der Waals surface area contributed by atoms with Crippen LogP contribution in [0.15, 0.2) is 30.6 Å². The molecule has 1 saturated carbocycles. The Morgan fingerprint density at radius 3 is 2.96 bits per heavy atom. The second-order valence-corrected chi connectivity index (χ2v) is 6.73. The summed E-state index contributed by atoms with van der Waals surface area (Å²) in [6.45, 7) is 0. The first-order chi connectivity index (χ1) is 11.5. The zero-order chi connectivity index (χ0) is 16.9. The summed E-state index contributed by atoms with van der Waals surface area (Å²) in [4.78, 5) is 15.5. The zero-order valence-electron chi connectivity index (χ0n) is 13.1. The molecule has 0 saturated heterocycles. The third-order valence-electron chi connectivity index (χ3n) is 4.48. The Bertz CT molecular complexity index is 941. The van der Waals surface area contributed by atoms with Crippen molar-refractivity contribution in [2.45, 2.75) is 24.8 Å². The Morgan fingerprint density at radius 2 is 2.29 bits per heavy atom. The summed E-state index contributed by atoms with van der Waals surface area (Å²) in [5, 5.41) is 7.73. The second-order valence-electron chi connectivity index (χ2n) is 6.33. The van der Waals surface area contributed by atoms with Crippen molar-refractivity contribution < 1.29 is 9.18 Å². The molecule has 1 amide bonds. The molecule has 7 heteroatoms. The molecule has 1 fully saturated rings. The summed E-state index contributed by atoms with van der Waals surface area (Å²) in [5.41, 5.74) is 2.01. The van der Waals surface area contributed by atoms with Crippen LogP contribution in [0.5, 0.6) is 0 Å². The number of hydrogen-bond acceptors (Lipinski definition) is 2. The van der Waals surface area contributed by atoms with Gasteiger partial charge in [0.1, 0.15) is 0 Å². The number of carbonyl (C=O) groups excluding carboxylic acids is 1. The molecule has 0 bridgehead atoms. The molecule has 0 spiro atoms. The molecule has 0 aliphatic heterocycles. The number of hydrogen-bond donors (Lipinski definition) is 2. The van der Waals surface area contributed by atoms with E-state index in [-0.39, 0.29) is 22.9 Å². The van der Waals surface area contributed by atoms with E-state index in [4.69, 9.17) is 11.6 Å². The van der Waals surface area contributed by atoms with Crippen molar-refractivity contribution in [1.82, 2.24) is 20.1 Å². The van der Waals surface area contributed by atoms with Gasteiger partial charge in [0.2, 0.25) is 5.91 Å². The minimum absolute atomic E-state index is 0.0750. The van der Waals surface area contributed by atoms with Gasteiger partial charge in [-0.05, 0) is 31.0 Å². The summed E-state index contributed by atoms with van der Waals surface area (Å²) in [6.07, 6.45) is 5.68. The fourth-order valence-corrected chi connectivity index (χ4v) is 3.22. The molecule has 1 aliphatic rings. The number of rotatable bonds is 4. The van der Waals surface area contributed by atoms with Gasteiger partial charge in [-0.15, -0.1) is 0 Å². The molecular formula is C17H16ClFN4O. The number of aromatic nitrogens is 3. The Kier molecular flexibility index (Phi) is 3.38. The van der Waals surface area contributed by atoms with E-state index in [1.165, 1.54) is 6.07 Å². The van der Waals surface area contributed by atoms with Crippen LogP contribution in [0.4, 0.5) is 4.39 Å². The number of nitrogens with one attached hydrogen (secondary N) is 2. The maximum absolute atomic E-state index is 14.0. The van der Waals surface area contributed by atoms with Crippen molar-refractivity contribution in [3.8, 4) is 0 Å². The van der Waals surface area contributed by atoms with Gasteiger partial charge in [0.05, 0.1) is 23.2 Å². The first-order valence-corrected chi connectivity index (χ1v) is 8.10. The van der Waals surface area contributed by atoms with Gasteiger partial charge in [0.25, 0.3) is 0 Å². The molecule has 4 rings (SSSR count). The molecule has 2 aromatic heterocycles. The summed E-state index contributed by atoms with van der Waals surface area (Å²) < 4.78 is 15.7. The van der Waals surface area contributed by atoms with Crippen molar-refractivity contribution in [3.63, 3.8) is 0 Å². The van der Waals surface area contributed by atoms with E-state index in [9.17, 15) is 9.18 Å². The molecule has 1 aromatic carbocycles. The van der Waals surface area contributed by atoms with Crippen LogP contribution in [-0.2, 0) is 23.8 Å². The minimum Gasteiger partial charge on any atom is -0.358 e. The monoisotopic (exact) mass is 346 g/mol. The van der Waals surface area contributed by atoms with Gasteiger partial charge in [0, 0.05) is 35.4 Å². The number of benzene rings is 1. The first kappa shape index (κ1) is 15.2. The number of halogens is 2. The van der Waals surface area contributed by atoms with Gasteiger partial charge in [-0.1, -0.05) is 11.6 Å². The average molecular weight is 347 g/mol. The van der Waals surface area contributed by atoms with E-state index < -0.39 is 5.82 Å². The predicted octanol–water partition coefficient (Wildman–Crippen LogP) is 3.04. The SMILES string of the molecule is Cn1cc(C2(NC(=O)Cc3cc4c(F)c(Cl)ccc4[nH]3)CC2)cn1. The summed E-state index contributed by atoms with van der Waals surface area (Å²) in [6, 6.07) is 4.85. The van der Waals surface area contributed by atoms with Crippen LogP contribution >= 0.6 is 11.6 Å². The lowest BCUT2D eigenvalue weighted by atomic mass is 10.1. The molecular weight excluding hydrogens is 331 g/mol. The third kappa shape index (κ3) is 2.57. The van der Waals surface area contributed by atoms with Gasteiger partial charge in [-0.2, -0.15) is 5.10 Å². The number of H-pyrrole nitrogens is 1. The number of carbonyl (C=O) groups is 1. The van der Waals surface area contributed by atoms with E-state index in [1.54, 1.807) is 23.0 Å². The number of fused-ring (bicyclic) bond motifs is 1. The summed E-state index contributed by atoms with van der Waals surface area (Å²) in [7, 11) is 1.85. The molecule has 24 heavy (non-hydrogen) atoms. The molecule has 3 aromatic rings. The van der Waals surface area contributed by atoms with Gasteiger partial charge < -0.3 is 10.3 Å². The van der Waals surface area contributed by atoms with Gasteiger partial charge in [-0.3, -0.25) is 9.48 Å². The van der Waals surface area contributed by atoms with E-state index in [0.29, 0.717) is 16.6 Å². The van der Waals surface area contributed by atoms with Crippen LogP contribution in [0.2, 0.25) is 5.02 Å². The zero-order valence-corrected chi connectivity index (χ0v) is 13.8. The highest BCUT2D eigenvalue weighted by Crippen LogP contribution is 2.45. The lowest BCUT2D eigenvalue weighted by Gasteiger charge is -2.15. The van der Waals surface area contributed by atoms with Crippen LogP contribution < -0.4 is 5.32 Å². The topological polar surface area (TPSA) is 62.7 Å². The largest absolute Gasteiger partial charge is 0.358 e. The van der Waals surface area contributed by atoms with Crippen molar-refractivity contribution in [2.24, 2.45) is 7.05 Å². The van der Waals surface area contributed by atoms with E-state index in [1.807, 2.05) is 13.2 Å². The summed E-state index contributed by atoms with van der Waals surface area (Å²) in [5.74, 6) is -0.569. The molecule has 5 nitrogen and oxygen atoms in total. The van der Waals surface area contributed by atoms with E-state index in [2.05, 4.69) is 15.4 Å².